The van der Waals surface area contributed by atoms with Crippen molar-refractivity contribution in [2.24, 2.45) is 0 Å². The molecule has 0 bridgehead atoms. The van der Waals surface area contributed by atoms with Crippen LogP contribution < -0.4 is 5.32 Å². The molecule has 1 aromatic rings. The largest absolute Gasteiger partial charge is 0.476 e. The summed E-state index contributed by atoms with van der Waals surface area (Å²) in [6.45, 7) is 3.76. The first-order chi connectivity index (χ1) is 9.58. The molecule has 7 nitrogen and oxygen atoms in total. The van der Waals surface area contributed by atoms with E-state index in [0.29, 0.717) is 13.1 Å². The fourth-order valence-electron chi connectivity index (χ4n) is 2.02. The van der Waals surface area contributed by atoms with Gasteiger partial charge in [-0.05, 0) is 6.92 Å². The molecule has 2 amide bonds. The van der Waals surface area contributed by atoms with E-state index < -0.39 is 5.97 Å². The molecular weight excluding hydrogens is 280 g/mol. The molecule has 8 heteroatoms. The number of hydrogen-bond acceptors (Lipinski definition) is 4. The lowest BCUT2D eigenvalue weighted by atomic mass is 10.3. The molecule has 1 saturated heterocycles. The van der Waals surface area contributed by atoms with E-state index in [4.69, 9.17) is 5.11 Å². The first-order valence-corrected chi connectivity index (χ1v) is 7.60. The van der Waals surface area contributed by atoms with Gasteiger partial charge in [-0.2, -0.15) is 11.8 Å². The molecule has 0 aliphatic carbocycles. The predicted molar refractivity (Wildman–Crippen MR) is 76.1 cm³/mol. The van der Waals surface area contributed by atoms with Crippen molar-refractivity contribution in [2.45, 2.75) is 19.5 Å². The number of carboxylic acids is 1. The Morgan fingerprint density at radius 3 is 3.05 bits per heavy atom. The van der Waals surface area contributed by atoms with Gasteiger partial charge in [-0.3, -0.25) is 0 Å². The summed E-state index contributed by atoms with van der Waals surface area (Å²) in [4.78, 5) is 28.3. The van der Waals surface area contributed by atoms with E-state index in [9.17, 15) is 9.59 Å². The molecule has 20 heavy (non-hydrogen) atoms. The van der Waals surface area contributed by atoms with Crippen LogP contribution in [0.15, 0.2) is 12.5 Å². The summed E-state index contributed by atoms with van der Waals surface area (Å²) in [5.74, 6) is 0.894. The Hall–Kier alpha value is -1.70. The van der Waals surface area contributed by atoms with Crippen LogP contribution in [0.2, 0.25) is 0 Å². The van der Waals surface area contributed by atoms with Gasteiger partial charge in [0.05, 0.1) is 6.33 Å². The molecule has 0 spiro atoms. The van der Waals surface area contributed by atoms with Crippen LogP contribution in [0.4, 0.5) is 4.79 Å². The second kappa shape index (κ2) is 6.65. The number of carboxylic acid groups (broad SMARTS) is 1. The van der Waals surface area contributed by atoms with Crippen LogP contribution in [0.1, 0.15) is 17.4 Å². The van der Waals surface area contributed by atoms with E-state index in [0.717, 1.165) is 18.1 Å². The number of carbonyl (C=O) groups excluding carboxylic acids is 1. The fourth-order valence-corrected chi connectivity index (χ4v) is 3.03. The molecule has 0 aromatic carbocycles. The van der Waals surface area contributed by atoms with Gasteiger partial charge in [0.15, 0.2) is 5.69 Å². The van der Waals surface area contributed by atoms with E-state index in [1.807, 2.05) is 23.6 Å². The molecule has 2 N–H and O–H groups in total. The van der Waals surface area contributed by atoms with Crippen LogP contribution in [-0.4, -0.2) is 62.2 Å². The third-order valence-corrected chi connectivity index (χ3v) is 4.32. The minimum Gasteiger partial charge on any atom is -0.476 e. The zero-order valence-electron chi connectivity index (χ0n) is 11.3. The Bertz CT molecular complexity index is 491. The highest BCUT2D eigenvalue weighted by molar-refractivity contribution is 7.99. The SMILES string of the molecule is CC1CSCCN1C(=O)NCCn1cnc(C(=O)O)c1. The van der Waals surface area contributed by atoms with Gasteiger partial charge in [-0.25, -0.2) is 14.6 Å². The Morgan fingerprint density at radius 2 is 2.40 bits per heavy atom. The average molecular weight is 298 g/mol. The highest BCUT2D eigenvalue weighted by atomic mass is 32.2. The lowest BCUT2D eigenvalue weighted by molar-refractivity contribution is 0.0691. The third-order valence-electron chi connectivity index (χ3n) is 3.13. The molecule has 1 aliphatic heterocycles. The zero-order chi connectivity index (χ0) is 14.5. The Kier molecular flexibility index (Phi) is 4.89. The summed E-state index contributed by atoms with van der Waals surface area (Å²) in [7, 11) is 0. The van der Waals surface area contributed by atoms with E-state index in [1.165, 1.54) is 12.5 Å². The standard InChI is InChI=1S/C12H18N4O3S/c1-9-7-20-5-4-16(9)12(19)13-2-3-15-6-10(11(17)18)14-8-15/h6,8-9H,2-5,7H2,1H3,(H,13,19)(H,17,18). The molecule has 110 valence electrons. The lowest BCUT2D eigenvalue weighted by Crippen LogP contribution is -2.49. The average Bonchev–Trinajstić information content (AvgIpc) is 2.88. The van der Waals surface area contributed by atoms with Gasteiger partial charge >= 0.3 is 12.0 Å². The van der Waals surface area contributed by atoms with E-state index in [1.54, 1.807) is 4.57 Å². The molecule has 1 fully saturated rings. The summed E-state index contributed by atoms with van der Waals surface area (Å²) in [6.07, 6.45) is 2.91. The number of carbonyl (C=O) groups is 2. The summed E-state index contributed by atoms with van der Waals surface area (Å²) in [5.41, 5.74) is 0.0120. The molecule has 0 saturated carbocycles. The van der Waals surface area contributed by atoms with E-state index in [-0.39, 0.29) is 17.8 Å². The zero-order valence-corrected chi connectivity index (χ0v) is 12.1. The molecule has 1 atom stereocenters. The van der Waals surface area contributed by atoms with E-state index >= 15 is 0 Å². The van der Waals surface area contributed by atoms with Crippen LogP contribution >= 0.6 is 11.8 Å². The number of thioether (sulfide) groups is 1. The van der Waals surface area contributed by atoms with Crippen LogP contribution in [0.25, 0.3) is 0 Å². The van der Waals surface area contributed by atoms with Gasteiger partial charge < -0.3 is 19.9 Å². The van der Waals surface area contributed by atoms with Gasteiger partial charge in [0, 0.05) is 43.4 Å². The second-order valence-electron chi connectivity index (χ2n) is 4.65. The Labute approximate surface area is 121 Å². The first-order valence-electron chi connectivity index (χ1n) is 6.45. The number of amides is 2. The van der Waals surface area contributed by atoms with Crippen molar-refractivity contribution in [2.75, 3.05) is 24.6 Å². The number of urea groups is 1. The summed E-state index contributed by atoms with van der Waals surface area (Å²) in [5, 5.41) is 11.6. The minimum absolute atomic E-state index is 0.0120. The van der Waals surface area contributed by atoms with Crippen molar-refractivity contribution in [3.63, 3.8) is 0 Å². The monoisotopic (exact) mass is 298 g/mol. The topological polar surface area (TPSA) is 87.5 Å². The molecule has 2 rings (SSSR count). The van der Waals surface area contributed by atoms with Crippen molar-refractivity contribution < 1.29 is 14.7 Å². The maximum Gasteiger partial charge on any atom is 0.356 e. The van der Waals surface area contributed by atoms with Crippen molar-refractivity contribution >= 4 is 23.8 Å². The maximum absolute atomic E-state index is 12.0. The van der Waals surface area contributed by atoms with Crippen LogP contribution in [0.3, 0.4) is 0 Å². The molecule has 1 aliphatic rings. The molecule has 2 heterocycles. The summed E-state index contributed by atoms with van der Waals surface area (Å²) >= 11 is 1.86. The highest BCUT2D eigenvalue weighted by Crippen LogP contribution is 2.15. The molecule has 0 radical (unpaired) electrons. The third kappa shape index (κ3) is 3.66. The van der Waals surface area contributed by atoms with Crippen molar-refractivity contribution in [3.8, 4) is 0 Å². The van der Waals surface area contributed by atoms with Crippen LogP contribution in [0, 0.1) is 0 Å². The predicted octanol–water partition coefficient (Wildman–Crippen LogP) is 0.728. The van der Waals surface area contributed by atoms with Crippen molar-refractivity contribution in [1.82, 2.24) is 19.8 Å². The van der Waals surface area contributed by atoms with Gasteiger partial charge in [-0.15, -0.1) is 0 Å². The quantitative estimate of drug-likeness (QED) is 0.855. The number of aromatic nitrogens is 2. The van der Waals surface area contributed by atoms with Gasteiger partial charge in [0.1, 0.15) is 0 Å². The molecular formula is C12H18N4O3S. The van der Waals surface area contributed by atoms with Gasteiger partial charge in [0.2, 0.25) is 0 Å². The second-order valence-corrected chi connectivity index (χ2v) is 5.80. The summed E-state index contributed by atoms with van der Waals surface area (Å²) < 4.78 is 1.65. The fraction of sp³-hybridized carbons (Fsp3) is 0.583. The maximum atomic E-state index is 12.0. The first kappa shape index (κ1) is 14.7. The van der Waals surface area contributed by atoms with Crippen molar-refractivity contribution in [1.29, 1.82) is 0 Å². The lowest BCUT2D eigenvalue weighted by Gasteiger charge is -2.33. The van der Waals surface area contributed by atoms with Crippen LogP contribution in [0.5, 0.6) is 0 Å². The normalized spacial score (nSPS) is 18.9. The number of nitrogens with zero attached hydrogens (tertiary/aromatic N) is 3. The Balaban J connectivity index is 1.77. The number of aromatic carboxylic acids is 1. The minimum atomic E-state index is -1.05. The number of rotatable bonds is 4. The van der Waals surface area contributed by atoms with E-state index in [2.05, 4.69) is 10.3 Å². The van der Waals surface area contributed by atoms with Gasteiger partial charge in [-0.1, -0.05) is 0 Å². The smallest absolute Gasteiger partial charge is 0.356 e. The van der Waals surface area contributed by atoms with Gasteiger partial charge in [0.25, 0.3) is 0 Å². The number of imidazole rings is 1. The summed E-state index contributed by atoms with van der Waals surface area (Å²) in [6, 6.07) is 0.192. The molecule has 1 unspecified atom stereocenters. The van der Waals surface area contributed by atoms with Crippen molar-refractivity contribution in [3.05, 3.63) is 18.2 Å². The van der Waals surface area contributed by atoms with Crippen LogP contribution in [-0.2, 0) is 6.54 Å². The molecule has 1 aromatic heterocycles. The number of hydrogen-bond donors (Lipinski definition) is 2. The highest BCUT2D eigenvalue weighted by Gasteiger charge is 2.22. The number of nitrogens with one attached hydrogen (secondary N) is 1. The Morgan fingerprint density at radius 1 is 1.60 bits per heavy atom.